The molecule has 2 amide bonds. The Morgan fingerprint density at radius 1 is 1.14 bits per heavy atom. The van der Waals surface area contributed by atoms with Gasteiger partial charge in [-0.3, -0.25) is 9.59 Å². The Labute approximate surface area is 215 Å². The summed E-state index contributed by atoms with van der Waals surface area (Å²) in [4.78, 5) is 35.9. The first-order valence-corrected chi connectivity index (χ1v) is 12.2. The summed E-state index contributed by atoms with van der Waals surface area (Å²) in [6, 6.07) is 16.9. The summed E-state index contributed by atoms with van der Waals surface area (Å²) >= 11 is 0. The quantitative estimate of drug-likeness (QED) is 0.552. The number of amides is 2. The molecule has 1 aromatic heterocycles. The van der Waals surface area contributed by atoms with Crippen molar-refractivity contribution in [1.82, 2.24) is 9.88 Å². The fraction of sp³-hybridized carbons (Fsp3) is 0.286. The number of nitrogens with zero attached hydrogens (tertiary/aromatic N) is 5. The van der Waals surface area contributed by atoms with Crippen molar-refractivity contribution in [3.63, 3.8) is 0 Å². The SMILES string of the molecule is CCOc1cc(C(=O)N2CCC(C#N)C2)ccc1Nc1cc2c(cn1)N(C)C(=O)c1ccccc1N2C. The van der Waals surface area contributed by atoms with E-state index in [1.165, 1.54) is 0 Å². The van der Waals surface area contributed by atoms with E-state index in [4.69, 9.17) is 10.00 Å². The van der Waals surface area contributed by atoms with Gasteiger partial charge in [-0.2, -0.15) is 5.26 Å². The van der Waals surface area contributed by atoms with Gasteiger partial charge in [0.2, 0.25) is 0 Å². The Morgan fingerprint density at radius 3 is 2.70 bits per heavy atom. The van der Waals surface area contributed by atoms with Gasteiger partial charge in [0.05, 0.1) is 53.1 Å². The van der Waals surface area contributed by atoms with Crippen LogP contribution in [-0.2, 0) is 0 Å². The molecule has 2 aliphatic rings. The van der Waals surface area contributed by atoms with Gasteiger partial charge >= 0.3 is 0 Å². The summed E-state index contributed by atoms with van der Waals surface area (Å²) in [7, 11) is 3.67. The molecule has 188 valence electrons. The van der Waals surface area contributed by atoms with Crippen molar-refractivity contribution in [3.8, 4) is 11.8 Å². The van der Waals surface area contributed by atoms with Gasteiger partial charge in [0, 0.05) is 38.8 Å². The topological polar surface area (TPSA) is 102 Å². The van der Waals surface area contributed by atoms with Crippen molar-refractivity contribution in [2.45, 2.75) is 13.3 Å². The summed E-state index contributed by atoms with van der Waals surface area (Å²) in [5.41, 5.74) is 4.14. The fourth-order valence-corrected chi connectivity index (χ4v) is 4.80. The first-order valence-electron chi connectivity index (χ1n) is 12.2. The van der Waals surface area contributed by atoms with Gasteiger partial charge in [-0.15, -0.1) is 0 Å². The molecule has 0 spiro atoms. The van der Waals surface area contributed by atoms with Crippen LogP contribution in [0, 0.1) is 17.2 Å². The molecule has 0 aliphatic carbocycles. The first kappa shape index (κ1) is 24.1. The standard InChI is InChI=1S/C28H28N6O3/c1-4-37-25-13-19(27(35)34-12-11-18(15-29)17-34)9-10-21(25)31-26-14-23-24(16-30-26)33(3)28(36)20-7-5-6-8-22(20)32(23)2/h5-10,13-14,16,18H,4,11-12,17H2,1-3H3,(H,30,31). The molecule has 1 atom stereocenters. The minimum absolute atomic E-state index is 0.0957. The number of carbonyl (C=O) groups excluding carboxylic acids is 2. The molecule has 2 aromatic carbocycles. The number of likely N-dealkylation sites (tertiary alicyclic amines) is 1. The van der Waals surface area contributed by atoms with E-state index in [1.54, 1.807) is 41.2 Å². The molecular formula is C28H28N6O3. The van der Waals surface area contributed by atoms with E-state index in [1.807, 2.05) is 49.2 Å². The molecule has 1 fully saturated rings. The molecule has 9 nitrogen and oxygen atoms in total. The Bertz CT molecular complexity index is 1420. The van der Waals surface area contributed by atoms with Crippen LogP contribution in [0.3, 0.4) is 0 Å². The van der Waals surface area contributed by atoms with Gasteiger partial charge < -0.3 is 24.8 Å². The van der Waals surface area contributed by atoms with Crippen LogP contribution in [0.4, 0.5) is 28.6 Å². The molecule has 5 rings (SSSR count). The summed E-state index contributed by atoms with van der Waals surface area (Å²) in [6.45, 7) is 3.34. The van der Waals surface area contributed by atoms with E-state index < -0.39 is 0 Å². The molecule has 2 aliphatic heterocycles. The Kier molecular flexibility index (Phi) is 6.40. The number of fused-ring (bicyclic) bond motifs is 2. The van der Waals surface area contributed by atoms with Crippen LogP contribution in [0.1, 0.15) is 34.1 Å². The third-order valence-corrected chi connectivity index (χ3v) is 6.83. The molecule has 0 bridgehead atoms. The number of hydrogen-bond donors (Lipinski definition) is 1. The Hall–Kier alpha value is -4.58. The van der Waals surface area contributed by atoms with Gasteiger partial charge in [-0.25, -0.2) is 4.98 Å². The molecule has 9 heteroatoms. The number of hydrogen-bond acceptors (Lipinski definition) is 7. The van der Waals surface area contributed by atoms with Crippen molar-refractivity contribution >= 4 is 40.4 Å². The summed E-state index contributed by atoms with van der Waals surface area (Å²) in [6.07, 6.45) is 2.37. The molecule has 3 heterocycles. The molecule has 3 aromatic rings. The van der Waals surface area contributed by atoms with Gasteiger partial charge in [-0.1, -0.05) is 12.1 Å². The number of para-hydroxylation sites is 1. The fourth-order valence-electron chi connectivity index (χ4n) is 4.80. The normalized spacial score (nSPS) is 16.5. The van der Waals surface area contributed by atoms with Crippen LogP contribution in [0.25, 0.3) is 0 Å². The number of anilines is 5. The highest BCUT2D eigenvalue weighted by molar-refractivity contribution is 6.13. The van der Waals surface area contributed by atoms with Crippen molar-refractivity contribution in [2.24, 2.45) is 5.92 Å². The Morgan fingerprint density at radius 2 is 1.95 bits per heavy atom. The molecule has 0 radical (unpaired) electrons. The average molecular weight is 497 g/mol. The highest BCUT2D eigenvalue weighted by atomic mass is 16.5. The van der Waals surface area contributed by atoms with Crippen molar-refractivity contribution in [3.05, 3.63) is 65.9 Å². The minimum atomic E-state index is -0.116. The number of carbonyl (C=O) groups is 2. The van der Waals surface area contributed by atoms with E-state index in [9.17, 15) is 9.59 Å². The molecule has 0 saturated carbocycles. The lowest BCUT2D eigenvalue weighted by Crippen LogP contribution is -2.28. The number of rotatable bonds is 5. The van der Waals surface area contributed by atoms with Crippen molar-refractivity contribution < 1.29 is 14.3 Å². The number of nitrogens with one attached hydrogen (secondary N) is 1. The van der Waals surface area contributed by atoms with Crippen LogP contribution in [0.2, 0.25) is 0 Å². The van der Waals surface area contributed by atoms with Crippen LogP contribution in [0.5, 0.6) is 5.75 Å². The second kappa shape index (κ2) is 9.82. The molecular weight excluding hydrogens is 468 g/mol. The van der Waals surface area contributed by atoms with E-state index in [2.05, 4.69) is 16.4 Å². The molecule has 37 heavy (non-hydrogen) atoms. The highest BCUT2D eigenvalue weighted by Crippen LogP contribution is 2.40. The van der Waals surface area contributed by atoms with E-state index >= 15 is 0 Å². The Balaban J connectivity index is 1.45. The zero-order valence-electron chi connectivity index (χ0n) is 21.1. The van der Waals surface area contributed by atoms with E-state index in [-0.39, 0.29) is 17.7 Å². The summed E-state index contributed by atoms with van der Waals surface area (Å²) < 4.78 is 5.86. The van der Waals surface area contributed by atoms with Crippen molar-refractivity contribution in [2.75, 3.05) is 48.9 Å². The van der Waals surface area contributed by atoms with E-state index in [0.717, 1.165) is 11.4 Å². The van der Waals surface area contributed by atoms with Crippen LogP contribution >= 0.6 is 0 Å². The lowest BCUT2D eigenvalue weighted by Gasteiger charge is -2.23. The maximum absolute atomic E-state index is 13.0. The zero-order valence-corrected chi connectivity index (χ0v) is 21.1. The maximum Gasteiger partial charge on any atom is 0.260 e. The van der Waals surface area contributed by atoms with Crippen molar-refractivity contribution in [1.29, 1.82) is 5.26 Å². The number of pyridine rings is 1. The predicted octanol–water partition coefficient (Wildman–Crippen LogP) is 4.57. The zero-order chi connectivity index (χ0) is 26.1. The lowest BCUT2D eigenvalue weighted by molar-refractivity contribution is 0.0789. The predicted molar refractivity (Wildman–Crippen MR) is 142 cm³/mol. The molecule has 1 saturated heterocycles. The van der Waals surface area contributed by atoms with E-state index in [0.29, 0.717) is 60.2 Å². The number of ether oxygens (including phenoxy) is 1. The summed E-state index contributed by atoms with van der Waals surface area (Å²) in [5.74, 6) is 0.785. The minimum Gasteiger partial charge on any atom is -0.492 e. The smallest absolute Gasteiger partial charge is 0.260 e. The van der Waals surface area contributed by atoms with Gasteiger partial charge in [0.25, 0.3) is 11.8 Å². The van der Waals surface area contributed by atoms with Gasteiger partial charge in [-0.05, 0) is 43.7 Å². The number of aromatic nitrogens is 1. The van der Waals surface area contributed by atoms with Gasteiger partial charge in [0.15, 0.2) is 0 Å². The third-order valence-electron chi connectivity index (χ3n) is 6.83. The average Bonchev–Trinajstić information content (AvgIpc) is 3.39. The van der Waals surface area contributed by atoms with Crippen LogP contribution in [0.15, 0.2) is 54.7 Å². The maximum atomic E-state index is 13.0. The third kappa shape index (κ3) is 4.42. The largest absolute Gasteiger partial charge is 0.492 e. The van der Waals surface area contributed by atoms with Gasteiger partial charge in [0.1, 0.15) is 11.6 Å². The molecule has 1 N–H and O–H groups in total. The first-order chi connectivity index (χ1) is 17.9. The molecule has 1 unspecified atom stereocenters. The second-order valence-electron chi connectivity index (χ2n) is 9.13. The number of benzene rings is 2. The number of nitriles is 1. The van der Waals surface area contributed by atoms with Crippen LogP contribution < -0.4 is 19.9 Å². The summed E-state index contributed by atoms with van der Waals surface area (Å²) in [5, 5.41) is 12.5. The highest BCUT2D eigenvalue weighted by Gasteiger charge is 2.29. The monoisotopic (exact) mass is 496 g/mol. The van der Waals surface area contributed by atoms with Crippen LogP contribution in [-0.4, -0.2) is 55.5 Å². The second-order valence-corrected chi connectivity index (χ2v) is 9.13. The lowest BCUT2D eigenvalue weighted by atomic mass is 10.1.